The van der Waals surface area contributed by atoms with Gasteiger partial charge in [-0.3, -0.25) is 4.79 Å². The summed E-state index contributed by atoms with van der Waals surface area (Å²) in [5, 5.41) is 12.3. The number of carbonyl (C=O) groups excluding carboxylic acids is 1. The molecule has 3 aromatic rings. The zero-order valence-electron chi connectivity index (χ0n) is 16.0. The molecule has 0 bridgehead atoms. The van der Waals surface area contributed by atoms with Crippen molar-refractivity contribution < 1.29 is 9.21 Å². The first-order valence-corrected chi connectivity index (χ1v) is 11.6. The van der Waals surface area contributed by atoms with E-state index >= 15 is 0 Å². The highest BCUT2D eigenvalue weighted by Crippen LogP contribution is 2.30. The molecule has 29 heavy (non-hydrogen) atoms. The van der Waals surface area contributed by atoms with E-state index in [0.29, 0.717) is 0 Å². The molecule has 0 aliphatic rings. The van der Waals surface area contributed by atoms with Crippen LogP contribution < -0.4 is 5.43 Å². The van der Waals surface area contributed by atoms with Gasteiger partial charge >= 0.3 is 0 Å². The van der Waals surface area contributed by atoms with E-state index in [1.165, 1.54) is 34.2 Å². The second-order valence-electron chi connectivity index (χ2n) is 6.09. The molecule has 0 spiro atoms. The van der Waals surface area contributed by atoms with Crippen molar-refractivity contribution in [1.82, 2.24) is 15.6 Å². The number of aryl methyl sites for hydroxylation is 1. The standard InChI is InChI=1S/C20H20N4O2S3/c1-14-5-7-16(8-6-14)12-27-19-23-24-20(29-19)28-13-18(25)22-21-11-15(2)10-17-4-3-9-26-17/h3-11H,12-13H2,1-2H3,(H,22,25)/b15-10+,21-11-. The zero-order chi connectivity index (χ0) is 20.5. The number of allylic oxidation sites excluding steroid dienone is 1. The molecule has 1 amide bonds. The Labute approximate surface area is 181 Å². The van der Waals surface area contributed by atoms with E-state index in [9.17, 15) is 4.79 Å². The van der Waals surface area contributed by atoms with Crippen molar-refractivity contribution >= 4 is 53.1 Å². The molecule has 0 fully saturated rings. The van der Waals surface area contributed by atoms with Gasteiger partial charge < -0.3 is 4.42 Å². The number of hydrogen-bond donors (Lipinski definition) is 1. The predicted octanol–water partition coefficient (Wildman–Crippen LogP) is 5.03. The van der Waals surface area contributed by atoms with Crippen molar-refractivity contribution in [1.29, 1.82) is 0 Å². The van der Waals surface area contributed by atoms with E-state index < -0.39 is 0 Å². The van der Waals surface area contributed by atoms with Gasteiger partial charge in [-0.15, -0.1) is 10.2 Å². The van der Waals surface area contributed by atoms with Crippen molar-refractivity contribution in [2.45, 2.75) is 28.3 Å². The first-order chi connectivity index (χ1) is 14.1. The molecule has 0 atom stereocenters. The zero-order valence-corrected chi connectivity index (χ0v) is 18.4. The molecule has 0 radical (unpaired) electrons. The molecule has 9 heteroatoms. The summed E-state index contributed by atoms with van der Waals surface area (Å²) < 4.78 is 6.89. The summed E-state index contributed by atoms with van der Waals surface area (Å²) in [6, 6.07) is 12.1. The maximum atomic E-state index is 11.9. The quantitative estimate of drug-likeness (QED) is 0.283. The summed E-state index contributed by atoms with van der Waals surface area (Å²) >= 11 is 4.49. The average molecular weight is 445 g/mol. The van der Waals surface area contributed by atoms with Crippen LogP contribution >= 0.6 is 34.9 Å². The molecule has 0 unspecified atom stereocenters. The molecule has 2 aromatic heterocycles. The molecule has 0 saturated carbocycles. The van der Waals surface area contributed by atoms with Crippen molar-refractivity contribution in [2.75, 3.05) is 5.75 Å². The fourth-order valence-corrected chi connectivity index (χ4v) is 4.91. The number of furan rings is 1. The molecule has 0 saturated heterocycles. The number of thioether (sulfide) groups is 2. The van der Waals surface area contributed by atoms with Gasteiger partial charge in [0.25, 0.3) is 5.91 Å². The van der Waals surface area contributed by atoms with Gasteiger partial charge in [-0.1, -0.05) is 64.7 Å². The fraction of sp³-hybridized carbons (Fsp3) is 0.200. The summed E-state index contributed by atoms with van der Waals surface area (Å²) in [6.07, 6.45) is 5.02. The van der Waals surface area contributed by atoms with E-state index in [1.807, 2.05) is 25.1 Å². The van der Waals surface area contributed by atoms with Crippen LogP contribution in [0.25, 0.3) is 6.08 Å². The summed E-state index contributed by atoms with van der Waals surface area (Å²) in [5.74, 6) is 1.62. The highest BCUT2D eigenvalue weighted by atomic mass is 32.2. The lowest BCUT2D eigenvalue weighted by atomic mass is 10.2. The van der Waals surface area contributed by atoms with Crippen LogP contribution in [-0.2, 0) is 10.5 Å². The summed E-state index contributed by atoms with van der Waals surface area (Å²) in [6.45, 7) is 3.95. The van der Waals surface area contributed by atoms with Crippen LogP contribution in [0, 0.1) is 6.92 Å². The van der Waals surface area contributed by atoms with Crippen LogP contribution in [-0.4, -0.2) is 28.1 Å². The smallest absolute Gasteiger partial charge is 0.250 e. The van der Waals surface area contributed by atoms with Crippen LogP contribution in [0.2, 0.25) is 0 Å². The van der Waals surface area contributed by atoms with Gasteiger partial charge in [0, 0.05) is 5.75 Å². The monoisotopic (exact) mass is 444 g/mol. The highest BCUT2D eigenvalue weighted by molar-refractivity contribution is 8.03. The SMILES string of the molecule is CC(/C=N\NC(=O)CSc1nnc(SCc2ccc(C)cc2)s1)=C\c1ccco1. The van der Waals surface area contributed by atoms with Crippen molar-refractivity contribution in [2.24, 2.45) is 5.10 Å². The second kappa shape index (κ2) is 11.0. The van der Waals surface area contributed by atoms with E-state index in [4.69, 9.17) is 4.42 Å². The first kappa shape index (κ1) is 21.4. The van der Waals surface area contributed by atoms with Crippen LogP contribution in [0.3, 0.4) is 0 Å². The Morgan fingerprint density at radius 3 is 2.69 bits per heavy atom. The Hall–Kier alpha value is -2.36. The second-order valence-corrected chi connectivity index (χ2v) is 9.52. The van der Waals surface area contributed by atoms with Crippen LogP contribution in [0.5, 0.6) is 0 Å². The first-order valence-electron chi connectivity index (χ1n) is 8.77. The minimum absolute atomic E-state index is 0.193. The lowest BCUT2D eigenvalue weighted by molar-refractivity contribution is -0.118. The van der Waals surface area contributed by atoms with Crippen LogP contribution in [0.15, 0.2) is 66.4 Å². The van der Waals surface area contributed by atoms with E-state index in [-0.39, 0.29) is 11.7 Å². The van der Waals surface area contributed by atoms with Gasteiger partial charge in [0.05, 0.1) is 18.2 Å². The minimum Gasteiger partial charge on any atom is -0.465 e. The molecule has 1 aromatic carbocycles. The minimum atomic E-state index is -0.193. The number of hydrazone groups is 1. The Bertz CT molecular complexity index is 980. The van der Waals surface area contributed by atoms with E-state index in [2.05, 4.69) is 51.9 Å². The number of nitrogens with zero attached hydrogens (tertiary/aromatic N) is 3. The lowest BCUT2D eigenvalue weighted by Crippen LogP contribution is -2.19. The maximum Gasteiger partial charge on any atom is 0.250 e. The Morgan fingerprint density at radius 1 is 1.21 bits per heavy atom. The van der Waals surface area contributed by atoms with Crippen LogP contribution in [0.4, 0.5) is 0 Å². The van der Waals surface area contributed by atoms with Gasteiger partial charge in [-0.05, 0) is 43.2 Å². The largest absolute Gasteiger partial charge is 0.465 e. The Kier molecular flexibility index (Phi) is 8.09. The van der Waals surface area contributed by atoms with E-state index in [0.717, 1.165) is 25.8 Å². The van der Waals surface area contributed by atoms with Crippen molar-refractivity contribution in [3.63, 3.8) is 0 Å². The molecular weight excluding hydrogens is 424 g/mol. The van der Waals surface area contributed by atoms with Gasteiger partial charge in [0.2, 0.25) is 0 Å². The average Bonchev–Trinajstić information content (AvgIpc) is 3.38. The molecular formula is C20H20N4O2S3. The molecule has 0 aliphatic heterocycles. The molecule has 2 heterocycles. The number of carbonyl (C=O) groups is 1. The van der Waals surface area contributed by atoms with Crippen molar-refractivity contribution in [3.8, 4) is 0 Å². The number of aromatic nitrogens is 2. The number of nitrogens with one attached hydrogen (secondary N) is 1. The summed E-state index contributed by atoms with van der Waals surface area (Å²) in [7, 11) is 0. The van der Waals surface area contributed by atoms with Gasteiger partial charge in [-0.2, -0.15) is 5.10 Å². The maximum absolute atomic E-state index is 11.9. The molecule has 1 N–H and O–H groups in total. The topological polar surface area (TPSA) is 80.4 Å². The highest BCUT2D eigenvalue weighted by Gasteiger charge is 2.08. The third kappa shape index (κ3) is 7.52. The van der Waals surface area contributed by atoms with Gasteiger partial charge in [0.1, 0.15) is 5.76 Å². The number of benzene rings is 1. The molecule has 6 nitrogen and oxygen atoms in total. The lowest BCUT2D eigenvalue weighted by Gasteiger charge is -1.99. The van der Waals surface area contributed by atoms with E-state index in [1.54, 1.807) is 24.2 Å². The van der Waals surface area contributed by atoms with Gasteiger partial charge in [-0.25, -0.2) is 5.43 Å². The third-order valence-corrected chi connectivity index (χ3v) is 6.83. The third-order valence-electron chi connectivity index (χ3n) is 3.57. The molecule has 3 rings (SSSR count). The summed E-state index contributed by atoms with van der Waals surface area (Å²) in [4.78, 5) is 11.9. The predicted molar refractivity (Wildman–Crippen MR) is 120 cm³/mol. The molecule has 150 valence electrons. The number of rotatable bonds is 9. The normalized spacial score (nSPS) is 11.9. The van der Waals surface area contributed by atoms with Gasteiger partial charge in [0.15, 0.2) is 8.68 Å². The number of hydrogen-bond acceptors (Lipinski definition) is 8. The Balaban J connectivity index is 1.39. The van der Waals surface area contributed by atoms with Crippen molar-refractivity contribution in [3.05, 3.63) is 65.1 Å². The van der Waals surface area contributed by atoms with Crippen LogP contribution in [0.1, 0.15) is 23.8 Å². The molecule has 0 aliphatic carbocycles. The Morgan fingerprint density at radius 2 is 1.97 bits per heavy atom. The summed E-state index contributed by atoms with van der Waals surface area (Å²) in [5.41, 5.74) is 5.88. The fourth-order valence-electron chi connectivity index (χ4n) is 2.14. The number of amides is 1.